The first-order chi connectivity index (χ1) is 16.4. The maximum Gasteiger partial charge on any atom is 0.418 e. The van der Waals surface area contributed by atoms with Gasteiger partial charge in [0.15, 0.2) is 11.6 Å². The molecule has 180 valence electrons. The van der Waals surface area contributed by atoms with E-state index in [0.29, 0.717) is 17.4 Å². The Morgan fingerprint density at radius 1 is 0.971 bits per heavy atom. The summed E-state index contributed by atoms with van der Waals surface area (Å²) >= 11 is 0. The summed E-state index contributed by atoms with van der Waals surface area (Å²) in [5.41, 5.74) is -3.34. The number of benzene rings is 1. The Bertz CT molecular complexity index is 1420. The summed E-state index contributed by atoms with van der Waals surface area (Å²) in [6.45, 7) is 1.62. The molecule has 3 aromatic heterocycles. The maximum absolute atomic E-state index is 13.6. The van der Waals surface area contributed by atoms with E-state index in [-0.39, 0.29) is 17.7 Å². The number of halogens is 6. The Hall–Kier alpha value is -4.28. The normalized spacial score (nSPS) is 13.0. The van der Waals surface area contributed by atoms with Crippen molar-refractivity contribution in [2.24, 2.45) is 0 Å². The third kappa shape index (κ3) is 4.44. The Morgan fingerprint density at radius 2 is 1.71 bits per heavy atom. The lowest BCUT2D eigenvalue weighted by atomic mass is 10.0. The highest BCUT2D eigenvalue weighted by molar-refractivity contribution is 5.92. The smallest absolute Gasteiger partial charge is 0.349 e. The summed E-state index contributed by atoms with van der Waals surface area (Å²) < 4.78 is 82.4. The molecule has 35 heavy (non-hydrogen) atoms. The monoisotopic (exact) mass is 492 g/mol. The van der Waals surface area contributed by atoms with Crippen LogP contribution in [0, 0.1) is 11.3 Å². The molecule has 0 amide bonds. The summed E-state index contributed by atoms with van der Waals surface area (Å²) in [5.74, 6) is 0.420. The zero-order chi connectivity index (χ0) is 25.5. The molecule has 0 aliphatic rings. The number of rotatable bonds is 4. The van der Waals surface area contributed by atoms with Crippen molar-refractivity contribution in [3.63, 3.8) is 0 Å². The summed E-state index contributed by atoms with van der Waals surface area (Å²) in [6.07, 6.45) is -6.69. The number of anilines is 1. The number of nitrogens with zero attached hydrogens (tertiary/aromatic N) is 8. The van der Waals surface area contributed by atoms with Gasteiger partial charge in [-0.1, -0.05) is 0 Å². The van der Waals surface area contributed by atoms with Gasteiger partial charge in [0.25, 0.3) is 0 Å². The molecule has 0 N–H and O–H groups in total. The van der Waals surface area contributed by atoms with Gasteiger partial charge >= 0.3 is 12.4 Å². The fraction of sp³-hybridized carbons (Fsp3) is 0.238. The molecule has 0 radical (unpaired) electrons. The second-order valence-corrected chi connectivity index (χ2v) is 7.45. The van der Waals surface area contributed by atoms with Crippen LogP contribution in [0.15, 0.2) is 43.1 Å². The lowest BCUT2D eigenvalue weighted by Crippen LogP contribution is -2.26. The van der Waals surface area contributed by atoms with Gasteiger partial charge in [0.05, 0.1) is 28.2 Å². The third-order valence-corrected chi connectivity index (χ3v) is 5.31. The zero-order valence-corrected chi connectivity index (χ0v) is 18.0. The van der Waals surface area contributed by atoms with Gasteiger partial charge in [-0.2, -0.15) is 41.4 Å². The fourth-order valence-electron chi connectivity index (χ4n) is 3.46. The third-order valence-electron chi connectivity index (χ3n) is 5.31. The van der Waals surface area contributed by atoms with Crippen LogP contribution in [0.25, 0.3) is 16.7 Å². The van der Waals surface area contributed by atoms with Crippen LogP contribution in [0.1, 0.15) is 35.5 Å². The van der Waals surface area contributed by atoms with Crippen molar-refractivity contribution >= 4 is 16.7 Å². The van der Waals surface area contributed by atoms with Crippen LogP contribution in [0.4, 0.5) is 32.2 Å². The molecule has 1 atom stereocenters. The molecular weight excluding hydrogens is 478 g/mol. The number of hydrogen-bond donors (Lipinski definition) is 0. The number of pyridine rings is 1. The second-order valence-electron chi connectivity index (χ2n) is 7.45. The average molecular weight is 492 g/mol. The van der Waals surface area contributed by atoms with Crippen LogP contribution in [0.3, 0.4) is 0 Å². The number of nitriles is 1. The molecule has 1 aromatic carbocycles. The highest BCUT2D eigenvalue weighted by Gasteiger charge is 2.39. The number of alkyl halides is 6. The van der Waals surface area contributed by atoms with Gasteiger partial charge in [-0.15, -0.1) is 0 Å². The van der Waals surface area contributed by atoms with E-state index in [1.165, 1.54) is 41.3 Å². The lowest BCUT2D eigenvalue weighted by Gasteiger charge is -2.27. The largest absolute Gasteiger partial charge is 0.418 e. The molecule has 8 nitrogen and oxygen atoms in total. The molecule has 0 aliphatic heterocycles. The Morgan fingerprint density at radius 3 is 2.31 bits per heavy atom. The first-order valence-corrected chi connectivity index (χ1v) is 9.84. The van der Waals surface area contributed by atoms with E-state index in [0.717, 1.165) is 6.33 Å². The van der Waals surface area contributed by atoms with E-state index < -0.39 is 40.4 Å². The summed E-state index contributed by atoms with van der Waals surface area (Å²) in [6, 6.07) is 4.87. The van der Waals surface area contributed by atoms with Crippen molar-refractivity contribution < 1.29 is 26.3 Å². The molecule has 0 unspecified atom stereocenters. The molecule has 0 fully saturated rings. The van der Waals surface area contributed by atoms with Crippen molar-refractivity contribution in [2.75, 3.05) is 11.9 Å². The topological polar surface area (TPSA) is 96.4 Å². The van der Waals surface area contributed by atoms with Crippen molar-refractivity contribution in [1.29, 1.82) is 5.26 Å². The molecule has 14 heteroatoms. The Labute approximate surface area is 193 Å². The first kappa shape index (κ1) is 23.9. The molecule has 0 spiro atoms. The van der Waals surface area contributed by atoms with Gasteiger partial charge < -0.3 is 4.90 Å². The number of hydrogen-bond acceptors (Lipinski definition) is 7. The van der Waals surface area contributed by atoms with Crippen molar-refractivity contribution in [1.82, 2.24) is 29.7 Å². The summed E-state index contributed by atoms with van der Waals surface area (Å²) in [7, 11) is 1.45. The Kier molecular flexibility index (Phi) is 5.79. The highest BCUT2D eigenvalue weighted by Crippen LogP contribution is 2.41. The van der Waals surface area contributed by atoms with E-state index in [9.17, 15) is 26.3 Å². The van der Waals surface area contributed by atoms with Crippen LogP contribution in [-0.4, -0.2) is 36.8 Å². The van der Waals surface area contributed by atoms with Crippen molar-refractivity contribution in [3.05, 3.63) is 65.6 Å². The van der Waals surface area contributed by atoms with E-state index in [1.807, 2.05) is 6.07 Å². The molecule has 4 aromatic rings. The van der Waals surface area contributed by atoms with Crippen LogP contribution in [0.5, 0.6) is 0 Å². The van der Waals surface area contributed by atoms with E-state index in [2.05, 4.69) is 25.0 Å². The quantitative estimate of drug-likeness (QED) is 0.381. The molecule has 0 bridgehead atoms. The van der Waals surface area contributed by atoms with Crippen molar-refractivity contribution in [3.8, 4) is 11.9 Å². The minimum Gasteiger partial charge on any atom is -0.349 e. The standard InChI is InChI=1S/C21H14F6N8/c1-11(18-32-10-33-35(18)16-4-3-12(7-28)8-29-16)34(2)19-14-5-13(20(22,23)24)6-15(21(25,26)27)17(14)30-9-31-19/h3-6,8-11H,1-2H3/t11-/m0/s1. The highest BCUT2D eigenvalue weighted by atomic mass is 19.4. The Balaban J connectivity index is 1.83. The number of fused-ring (bicyclic) bond motifs is 1. The predicted octanol–water partition coefficient (Wildman–Crippen LogP) is 4.71. The van der Waals surface area contributed by atoms with E-state index >= 15 is 0 Å². The number of aromatic nitrogens is 6. The minimum atomic E-state index is -5.07. The molecule has 0 saturated carbocycles. The maximum atomic E-state index is 13.6. The average Bonchev–Trinajstić information content (AvgIpc) is 3.30. The lowest BCUT2D eigenvalue weighted by molar-refractivity contribution is -0.142. The van der Waals surface area contributed by atoms with Crippen LogP contribution in [-0.2, 0) is 12.4 Å². The molecule has 0 saturated heterocycles. The van der Waals surface area contributed by atoms with Crippen LogP contribution >= 0.6 is 0 Å². The van der Waals surface area contributed by atoms with Crippen LogP contribution < -0.4 is 4.90 Å². The van der Waals surface area contributed by atoms with E-state index in [4.69, 9.17) is 5.26 Å². The molecule has 3 heterocycles. The minimum absolute atomic E-state index is 0.0374. The molecule has 0 aliphatic carbocycles. The second kappa shape index (κ2) is 8.49. The van der Waals surface area contributed by atoms with E-state index in [1.54, 1.807) is 6.92 Å². The molecule has 4 rings (SSSR count). The van der Waals surface area contributed by atoms with Crippen molar-refractivity contribution in [2.45, 2.75) is 25.3 Å². The fourth-order valence-corrected chi connectivity index (χ4v) is 3.46. The SMILES string of the molecule is C[C@@H](c1ncnn1-c1ccc(C#N)cn1)N(C)c1ncnc2c(C(F)(F)F)cc(C(F)(F)F)cc12. The first-order valence-electron chi connectivity index (χ1n) is 9.84. The predicted molar refractivity (Wildman–Crippen MR) is 110 cm³/mol. The van der Waals surface area contributed by atoms with Gasteiger partial charge in [-0.3, -0.25) is 0 Å². The van der Waals surface area contributed by atoms with Gasteiger partial charge in [-0.25, -0.2) is 19.9 Å². The summed E-state index contributed by atoms with van der Waals surface area (Å²) in [4.78, 5) is 17.3. The molecular formula is C21H14F6N8. The zero-order valence-electron chi connectivity index (χ0n) is 18.0. The summed E-state index contributed by atoms with van der Waals surface area (Å²) in [5, 5.41) is 12.6. The van der Waals surface area contributed by atoms with Gasteiger partial charge in [0.1, 0.15) is 24.5 Å². The van der Waals surface area contributed by atoms with Gasteiger partial charge in [-0.05, 0) is 31.2 Å². The van der Waals surface area contributed by atoms with Gasteiger partial charge in [0, 0.05) is 18.6 Å². The van der Waals surface area contributed by atoms with Gasteiger partial charge in [0.2, 0.25) is 0 Å². The van der Waals surface area contributed by atoms with Crippen LogP contribution in [0.2, 0.25) is 0 Å².